The average Bonchev–Trinajstić information content (AvgIpc) is 2.74. The molecule has 0 saturated heterocycles. The molecule has 0 saturated carbocycles. The van der Waals surface area contributed by atoms with Crippen LogP contribution in [0.1, 0.15) is 6.93 Å². The second-order valence-electron chi connectivity index (χ2n) is 3.79. The highest BCUT2D eigenvalue weighted by Crippen LogP contribution is 2.29. The van der Waals surface area contributed by atoms with Crippen LogP contribution in [-0.2, 0) is 11.2 Å². The number of hydrogen-bond donors (Lipinski definition) is 3. The van der Waals surface area contributed by atoms with Crippen molar-refractivity contribution in [3.05, 3.63) is 30.0 Å². The molecule has 1 atom stereocenters. The van der Waals surface area contributed by atoms with E-state index >= 15 is 0 Å². The minimum absolute atomic E-state index is 0.186. The molecule has 0 bridgehead atoms. The molecule has 5 heteroatoms. The molecule has 0 aliphatic rings. The van der Waals surface area contributed by atoms with E-state index in [1.165, 1.54) is 0 Å². The Kier molecular flexibility index (Phi) is 2.67. The Morgan fingerprint density at radius 3 is 3.24 bits per heavy atom. The summed E-state index contributed by atoms with van der Waals surface area (Å²) in [6.45, 7) is 0. The largest absolute Gasteiger partial charge is 0.496 e. The van der Waals surface area contributed by atoms with Crippen LogP contribution in [0, 0.1) is 0 Å². The maximum atomic E-state index is 10.8. The summed E-state index contributed by atoms with van der Waals surface area (Å²) in [6, 6.07) is 4.47. The van der Waals surface area contributed by atoms with Gasteiger partial charge >= 0.3 is 5.97 Å². The number of aliphatic carboxylic acids is 1. The van der Waals surface area contributed by atoms with Crippen LogP contribution in [0.15, 0.2) is 24.4 Å². The van der Waals surface area contributed by atoms with Crippen molar-refractivity contribution in [2.45, 2.75) is 12.5 Å². The number of nitrogens with one attached hydrogen (secondary N) is 1. The molecule has 0 amide bonds. The SMILES string of the molecule is [2H]COc1cccc2[nH]cc(C[C@H](N)C(=O)O)c12. The third-order valence-electron chi connectivity index (χ3n) is 2.66. The lowest BCUT2D eigenvalue weighted by molar-refractivity contribution is -0.138. The van der Waals surface area contributed by atoms with Crippen molar-refractivity contribution in [2.75, 3.05) is 7.09 Å². The van der Waals surface area contributed by atoms with E-state index in [4.69, 9.17) is 16.9 Å². The minimum atomic E-state index is -1.04. The van der Waals surface area contributed by atoms with Crippen molar-refractivity contribution in [2.24, 2.45) is 5.73 Å². The van der Waals surface area contributed by atoms with Crippen LogP contribution in [0.25, 0.3) is 10.9 Å². The Balaban J connectivity index is 2.41. The lowest BCUT2D eigenvalue weighted by atomic mass is 10.1. The average molecular weight is 235 g/mol. The monoisotopic (exact) mass is 235 g/mol. The fourth-order valence-electron chi connectivity index (χ4n) is 1.83. The molecule has 1 aromatic carbocycles. The van der Waals surface area contributed by atoms with Gasteiger partial charge in [-0.05, 0) is 17.7 Å². The molecule has 0 spiro atoms. The smallest absolute Gasteiger partial charge is 0.320 e. The van der Waals surface area contributed by atoms with Gasteiger partial charge in [-0.3, -0.25) is 4.79 Å². The maximum Gasteiger partial charge on any atom is 0.320 e. The van der Waals surface area contributed by atoms with E-state index in [2.05, 4.69) is 4.98 Å². The zero-order chi connectivity index (χ0) is 13.1. The number of H-pyrrole nitrogens is 1. The summed E-state index contributed by atoms with van der Waals surface area (Å²) >= 11 is 0. The zero-order valence-electron chi connectivity index (χ0n) is 10.1. The number of fused-ring (bicyclic) bond motifs is 1. The highest BCUT2D eigenvalue weighted by molar-refractivity contribution is 5.90. The van der Waals surface area contributed by atoms with Gasteiger partial charge in [0, 0.05) is 23.5 Å². The van der Waals surface area contributed by atoms with Gasteiger partial charge in [0.05, 0.1) is 8.46 Å². The van der Waals surface area contributed by atoms with Gasteiger partial charge in [-0.2, -0.15) is 0 Å². The summed E-state index contributed by atoms with van der Waals surface area (Å²) in [7, 11) is -0.186. The zero-order valence-corrected chi connectivity index (χ0v) is 9.14. The van der Waals surface area contributed by atoms with Crippen LogP contribution in [0.5, 0.6) is 5.75 Å². The quantitative estimate of drug-likeness (QED) is 0.741. The fraction of sp³-hybridized carbons (Fsp3) is 0.250. The summed E-state index contributed by atoms with van der Waals surface area (Å²) in [6.07, 6.45) is 1.94. The topological polar surface area (TPSA) is 88.3 Å². The Morgan fingerprint density at radius 2 is 2.53 bits per heavy atom. The molecule has 0 aliphatic heterocycles. The third kappa shape index (κ3) is 2.09. The minimum Gasteiger partial charge on any atom is -0.496 e. The molecule has 0 fully saturated rings. The van der Waals surface area contributed by atoms with Crippen molar-refractivity contribution in [1.82, 2.24) is 4.98 Å². The Bertz CT molecular complexity index is 567. The summed E-state index contributed by atoms with van der Waals surface area (Å²) in [4.78, 5) is 13.8. The number of benzene rings is 1. The van der Waals surface area contributed by atoms with Gasteiger partial charge < -0.3 is 20.6 Å². The molecule has 1 heterocycles. The lowest BCUT2D eigenvalue weighted by Gasteiger charge is -2.07. The van der Waals surface area contributed by atoms with Crippen LogP contribution in [0.3, 0.4) is 0 Å². The Labute approximate surface area is 99.6 Å². The van der Waals surface area contributed by atoms with E-state index in [1.807, 2.05) is 12.1 Å². The molecule has 0 aliphatic carbocycles. The van der Waals surface area contributed by atoms with Crippen molar-refractivity contribution in [1.29, 1.82) is 0 Å². The molecule has 1 aromatic heterocycles. The van der Waals surface area contributed by atoms with Crippen LogP contribution >= 0.6 is 0 Å². The second-order valence-corrected chi connectivity index (χ2v) is 3.79. The number of aromatic amines is 1. The van der Waals surface area contributed by atoms with Crippen LogP contribution in [-0.4, -0.2) is 29.2 Å². The predicted molar refractivity (Wildman–Crippen MR) is 64.2 cm³/mol. The fourth-order valence-corrected chi connectivity index (χ4v) is 1.83. The molecule has 0 radical (unpaired) electrons. The van der Waals surface area contributed by atoms with Gasteiger partial charge in [-0.1, -0.05) is 6.07 Å². The number of rotatable bonds is 4. The van der Waals surface area contributed by atoms with Gasteiger partial charge in [-0.15, -0.1) is 0 Å². The summed E-state index contributed by atoms with van der Waals surface area (Å²) in [5.41, 5.74) is 7.15. The second kappa shape index (κ2) is 4.47. The van der Waals surface area contributed by atoms with E-state index in [-0.39, 0.29) is 13.5 Å². The Hall–Kier alpha value is -2.01. The first kappa shape index (κ1) is 10.2. The summed E-state index contributed by atoms with van der Waals surface area (Å²) < 4.78 is 12.3. The van der Waals surface area contributed by atoms with Gasteiger partial charge in [-0.25, -0.2) is 0 Å². The number of ether oxygens (including phenoxy) is 1. The van der Waals surface area contributed by atoms with Gasteiger partial charge in [0.1, 0.15) is 11.8 Å². The Morgan fingerprint density at radius 1 is 1.71 bits per heavy atom. The third-order valence-corrected chi connectivity index (χ3v) is 2.66. The van der Waals surface area contributed by atoms with Gasteiger partial charge in [0.2, 0.25) is 0 Å². The van der Waals surface area contributed by atoms with Gasteiger partial charge in [0.25, 0.3) is 0 Å². The van der Waals surface area contributed by atoms with Crippen LogP contribution in [0.4, 0.5) is 0 Å². The standard InChI is InChI=1S/C12H14N2O3/c1-17-10-4-2-3-9-11(10)7(6-14-9)5-8(13)12(15)16/h2-4,6,8,14H,5,13H2,1H3,(H,15,16)/t8-/m0/s1/i1D. The molecule has 2 aromatic rings. The normalized spacial score (nSPS) is 13.4. The maximum absolute atomic E-state index is 10.8. The number of methoxy groups -OCH3 is 1. The molecule has 2 rings (SSSR count). The van der Waals surface area contributed by atoms with E-state index in [0.717, 1.165) is 16.5 Å². The molecule has 90 valence electrons. The lowest BCUT2D eigenvalue weighted by Crippen LogP contribution is -2.32. The molecule has 17 heavy (non-hydrogen) atoms. The van der Waals surface area contributed by atoms with Crippen molar-refractivity contribution in [3.8, 4) is 5.75 Å². The van der Waals surface area contributed by atoms with Crippen LogP contribution in [0.2, 0.25) is 0 Å². The van der Waals surface area contributed by atoms with E-state index in [9.17, 15) is 4.79 Å². The predicted octanol–water partition coefficient (Wildman–Crippen LogP) is 1.13. The number of carbonyl (C=O) groups is 1. The number of nitrogens with two attached hydrogens (primary N) is 1. The van der Waals surface area contributed by atoms with E-state index in [1.54, 1.807) is 12.3 Å². The first-order valence-corrected chi connectivity index (χ1v) is 5.13. The highest BCUT2D eigenvalue weighted by atomic mass is 16.5. The van der Waals surface area contributed by atoms with Gasteiger partial charge in [0.15, 0.2) is 0 Å². The van der Waals surface area contributed by atoms with Crippen molar-refractivity contribution in [3.63, 3.8) is 0 Å². The summed E-state index contributed by atoms with van der Waals surface area (Å²) in [5, 5.41) is 9.62. The van der Waals surface area contributed by atoms with Crippen molar-refractivity contribution < 1.29 is 16.0 Å². The number of aromatic nitrogens is 1. The first-order valence-electron chi connectivity index (χ1n) is 5.83. The molecular formula is C12H14N2O3. The number of hydrogen-bond acceptors (Lipinski definition) is 3. The molecular weight excluding hydrogens is 220 g/mol. The van der Waals surface area contributed by atoms with Crippen LogP contribution < -0.4 is 10.5 Å². The number of carboxylic acid groups (broad SMARTS) is 1. The first-order chi connectivity index (χ1) is 8.63. The molecule has 5 nitrogen and oxygen atoms in total. The van der Waals surface area contributed by atoms with E-state index in [0.29, 0.717) is 5.75 Å². The van der Waals surface area contributed by atoms with E-state index < -0.39 is 12.0 Å². The molecule has 0 unspecified atom stereocenters. The van der Waals surface area contributed by atoms with Crippen molar-refractivity contribution >= 4 is 16.9 Å². The highest BCUT2D eigenvalue weighted by Gasteiger charge is 2.16. The summed E-state index contributed by atoms with van der Waals surface area (Å²) in [5.74, 6) is -0.473. The number of carboxylic acids is 1. The molecule has 4 N–H and O–H groups in total.